The van der Waals surface area contributed by atoms with Crippen molar-refractivity contribution in [1.82, 2.24) is 15.5 Å². The van der Waals surface area contributed by atoms with Gasteiger partial charge in [-0.3, -0.25) is 28.8 Å². The largest absolute Gasteiger partial charge is 0.481 e. The van der Waals surface area contributed by atoms with Gasteiger partial charge in [0.2, 0.25) is 23.6 Å². The quantitative estimate of drug-likeness (QED) is 0.122. The molecule has 0 radical (unpaired) electrons. The molecule has 1 aliphatic heterocycles. The van der Waals surface area contributed by atoms with Crippen LogP contribution in [0.1, 0.15) is 51.4 Å². The maximum absolute atomic E-state index is 12.9. The molecule has 1 aliphatic rings. The van der Waals surface area contributed by atoms with Gasteiger partial charge in [-0.05, 0) is 32.1 Å². The van der Waals surface area contributed by atoms with Crippen LogP contribution in [-0.2, 0) is 33.6 Å². The van der Waals surface area contributed by atoms with Gasteiger partial charge in [0.15, 0.2) is 0 Å². The van der Waals surface area contributed by atoms with E-state index in [1.165, 1.54) is 4.90 Å². The number of carbonyl (C=O) groups excluding carboxylic acids is 4. The number of aliphatic carboxylic acids is 3. The van der Waals surface area contributed by atoms with E-state index in [0.29, 0.717) is 6.42 Å². The van der Waals surface area contributed by atoms with Crippen molar-refractivity contribution in [3.05, 3.63) is 0 Å². The van der Waals surface area contributed by atoms with Crippen molar-refractivity contribution in [3.8, 4) is 0 Å². The fourth-order valence-electron chi connectivity index (χ4n) is 3.54. The highest BCUT2D eigenvalue weighted by Crippen LogP contribution is 2.19. The van der Waals surface area contributed by atoms with Gasteiger partial charge in [0.1, 0.15) is 18.1 Å². The van der Waals surface area contributed by atoms with Crippen LogP contribution in [0, 0.1) is 0 Å². The number of carboxylic acid groups (broad SMARTS) is 3. The minimum Gasteiger partial charge on any atom is -0.481 e. The molecule has 15 heteroatoms. The number of nitrogens with zero attached hydrogens (tertiary/aromatic N) is 1. The Balaban J connectivity index is 2.92. The Kier molecular flexibility index (Phi) is 11.6. The fraction of sp³-hybridized carbons (Fsp3) is 0.650. The summed E-state index contributed by atoms with van der Waals surface area (Å²) < 4.78 is 0. The summed E-state index contributed by atoms with van der Waals surface area (Å²) in [5, 5.41) is 31.3. The number of likely N-dealkylation sites (tertiary alicyclic amines) is 1. The summed E-state index contributed by atoms with van der Waals surface area (Å²) >= 11 is 0. The lowest BCUT2D eigenvalue weighted by Gasteiger charge is -2.28. The van der Waals surface area contributed by atoms with Gasteiger partial charge in [0.25, 0.3) is 0 Å². The average molecular weight is 501 g/mol. The molecule has 0 spiro atoms. The zero-order valence-corrected chi connectivity index (χ0v) is 19.0. The molecule has 0 saturated carbocycles. The van der Waals surface area contributed by atoms with Gasteiger partial charge in [0.05, 0.1) is 6.04 Å². The van der Waals surface area contributed by atoms with Crippen molar-refractivity contribution < 1.29 is 48.9 Å². The summed E-state index contributed by atoms with van der Waals surface area (Å²) in [6.45, 7) is 0.187. The zero-order chi connectivity index (χ0) is 26.7. The van der Waals surface area contributed by atoms with E-state index in [1.54, 1.807) is 0 Å². The second-order valence-corrected chi connectivity index (χ2v) is 8.13. The maximum Gasteiger partial charge on any atom is 0.326 e. The number of nitrogens with two attached hydrogens (primary N) is 2. The molecule has 0 aliphatic carbocycles. The Bertz CT molecular complexity index is 848. The predicted molar refractivity (Wildman–Crippen MR) is 116 cm³/mol. The van der Waals surface area contributed by atoms with E-state index in [2.05, 4.69) is 10.6 Å². The minimum atomic E-state index is -1.55. The molecule has 4 atom stereocenters. The van der Waals surface area contributed by atoms with Crippen LogP contribution in [0.5, 0.6) is 0 Å². The van der Waals surface area contributed by atoms with Crippen molar-refractivity contribution in [2.45, 2.75) is 75.5 Å². The highest BCUT2D eigenvalue weighted by molar-refractivity contribution is 5.94. The van der Waals surface area contributed by atoms with E-state index in [9.17, 15) is 38.7 Å². The lowest BCUT2D eigenvalue weighted by molar-refractivity contribution is -0.144. The Hall–Kier alpha value is -3.75. The Morgan fingerprint density at radius 3 is 1.97 bits per heavy atom. The molecule has 0 aromatic carbocycles. The average Bonchev–Trinajstić information content (AvgIpc) is 3.26. The first-order valence-electron chi connectivity index (χ1n) is 10.9. The van der Waals surface area contributed by atoms with Gasteiger partial charge in [-0.25, -0.2) is 4.79 Å². The van der Waals surface area contributed by atoms with E-state index < -0.39 is 78.5 Å². The molecule has 15 nitrogen and oxygen atoms in total. The Labute approximate surface area is 200 Å². The molecular formula is C20H31N5O10. The topological polar surface area (TPSA) is 260 Å². The van der Waals surface area contributed by atoms with E-state index in [1.807, 2.05) is 0 Å². The molecule has 1 fully saturated rings. The summed E-state index contributed by atoms with van der Waals surface area (Å²) in [7, 11) is 0. The van der Waals surface area contributed by atoms with Crippen molar-refractivity contribution in [3.63, 3.8) is 0 Å². The first-order chi connectivity index (χ1) is 16.3. The third-order valence-electron chi connectivity index (χ3n) is 5.40. The summed E-state index contributed by atoms with van der Waals surface area (Å²) in [6, 6.07) is -5.09. The summed E-state index contributed by atoms with van der Waals surface area (Å²) in [5.74, 6) is -6.99. The number of nitrogens with one attached hydrogen (secondary N) is 2. The number of hydrogen-bond donors (Lipinski definition) is 7. The predicted octanol–water partition coefficient (Wildman–Crippen LogP) is -2.65. The molecule has 196 valence electrons. The first-order valence-corrected chi connectivity index (χ1v) is 10.9. The number of carboxylic acids is 3. The van der Waals surface area contributed by atoms with Gasteiger partial charge in [-0.1, -0.05) is 0 Å². The van der Waals surface area contributed by atoms with E-state index in [0.717, 1.165) is 0 Å². The Morgan fingerprint density at radius 1 is 0.857 bits per heavy atom. The highest BCUT2D eigenvalue weighted by atomic mass is 16.4. The van der Waals surface area contributed by atoms with Crippen molar-refractivity contribution >= 4 is 41.5 Å². The second kappa shape index (κ2) is 13.8. The highest BCUT2D eigenvalue weighted by Gasteiger charge is 2.38. The Morgan fingerprint density at radius 2 is 1.43 bits per heavy atom. The molecule has 1 saturated heterocycles. The fourth-order valence-corrected chi connectivity index (χ4v) is 3.54. The zero-order valence-electron chi connectivity index (χ0n) is 19.0. The van der Waals surface area contributed by atoms with Crippen LogP contribution in [0.4, 0.5) is 0 Å². The van der Waals surface area contributed by atoms with Crippen LogP contribution in [0.15, 0.2) is 0 Å². The van der Waals surface area contributed by atoms with Gasteiger partial charge in [-0.15, -0.1) is 0 Å². The molecular weight excluding hydrogens is 470 g/mol. The summed E-state index contributed by atoms with van der Waals surface area (Å²) in [4.78, 5) is 83.5. The molecule has 4 amide bonds. The van der Waals surface area contributed by atoms with E-state index >= 15 is 0 Å². The van der Waals surface area contributed by atoms with Crippen LogP contribution in [0.25, 0.3) is 0 Å². The molecule has 0 aromatic rings. The van der Waals surface area contributed by atoms with Crippen LogP contribution in [0.3, 0.4) is 0 Å². The van der Waals surface area contributed by atoms with Crippen molar-refractivity contribution in [1.29, 1.82) is 0 Å². The number of carbonyl (C=O) groups is 7. The second-order valence-electron chi connectivity index (χ2n) is 8.13. The van der Waals surface area contributed by atoms with Crippen LogP contribution >= 0.6 is 0 Å². The van der Waals surface area contributed by atoms with Crippen LogP contribution < -0.4 is 22.1 Å². The number of rotatable bonds is 15. The van der Waals surface area contributed by atoms with Crippen molar-refractivity contribution in [2.75, 3.05) is 6.54 Å². The van der Waals surface area contributed by atoms with Gasteiger partial charge < -0.3 is 42.3 Å². The van der Waals surface area contributed by atoms with Gasteiger partial charge >= 0.3 is 17.9 Å². The smallest absolute Gasteiger partial charge is 0.326 e. The SMILES string of the molecule is NC(=O)CCC(NC(=O)C1CCCN1C(=O)C(N)CCC(=O)O)C(=O)NC(CCC(=O)O)C(=O)O. The molecule has 4 unspecified atom stereocenters. The lowest BCUT2D eigenvalue weighted by atomic mass is 10.1. The van der Waals surface area contributed by atoms with E-state index in [-0.39, 0.29) is 38.6 Å². The minimum absolute atomic E-state index is 0.129. The number of amides is 4. The molecule has 0 bridgehead atoms. The molecule has 0 aromatic heterocycles. The molecule has 9 N–H and O–H groups in total. The summed E-state index contributed by atoms with van der Waals surface area (Å²) in [5.41, 5.74) is 10.9. The number of hydrogen-bond acceptors (Lipinski definition) is 8. The van der Waals surface area contributed by atoms with Gasteiger partial charge in [0, 0.05) is 25.8 Å². The standard InChI is InChI=1S/C20H31N5O10/c21-10(3-7-15(27)28)19(33)25-9-1-2-13(25)18(32)23-11(4-6-14(22)26)17(31)24-12(20(34)35)5-8-16(29)30/h10-13H,1-9,21H2,(H2,22,26)(H,23,32)(H,24,31)(H,27,28)(H,29,30)(H,34,35). The lowest BCUT2D eigenvalue weighted by Crippen LogP contribution is -2.56. The van der Waals surface area contributed by atoms with Crippen molar-refractivity contribution in [2.24, 2.45) is 11.5 Å². The third-order valence-corrected chi connectivity index (χ3v) is 5.40. The monoisotopic (exact) mass is 501 g/mol. The van der Waals surface area contributed by atoms with E-state index in [4.69, 9.17) is 21.7 Å². The molecule has 1 rings (SSSR count). The van der Waals surface area contributed by atoms with Crippen LogP contribution in [-0.4, -0.2) is 92.5 Å². The van der Waals surface area contributed by atoms with Crippen LogP contribution in [0.2, 0.25) is 0 Å². The van der Waals surface area contributed by atoms with Gasteiger partial charge in [-0.2, -0.15) is 0 Å². The maximum atomic E-state index is 12.9. The third kappa shape index (κ3) is 9.95. The summed E-state index contributed by atoms with van der Waals surface area (Å²) in [6.07, 6.45) is -1.30. The molecule has 1 heterocycles. The number of primary amides is 1. The first kappa shape index (κ1) is 29.3. The normalized spacial score (nSPS) is 17.6. The molecule has 35 heavy (non-hydrogen) atoms.